The Labute approximate surface area is 220 Å². The van der Waals surface area contributed by atoms with Crippen LogP contribution in [0.15, 0.2) is 28.7 Å². The number of unbranched alkanes of at least 4 members (excludes halogenated alkanes) is 1. The second kappa shape index (κ2) is 14.6. The van der Waals surface area contributed by atoms with Crippen molar-refractivity contribution < 1.29 is 14.6 Å². The Balaban J connectivity index is 1.67. The van der Waals surface area contributed by atoms with Crippen molar-refractivity contribution in [2.45, 2.75) is 82.3 Å². The van der Waals surface area contributed by atoms with E-state index >= 15 is 0 Å². The molecule has 6 nitrogen and oxygen atoms in total. The Kier molecular flexibility index (Phi) is 11.8. The molecule has 2 fully saturated rings. The molecule has 7 heteroatoms. The molecule has 3 rings (SSSR count). The molecule has 35 heavy (non-hydrogen) atoms. The second-order valence-corrected chi connectivity index (χ2v) is 11.5. The molecular formula is C28H46BrN3O3. The van der Waals surface area contributed by atoms with Gasteiger partial charge in [0.25, 0.3) is 0 Å². The van der Waals surface area contributed by atoms with E-state index in [1.807, 2.05) is 36.2 Å². The third-order valence-electron chi connectivity index (χ3n) is 7.99. The van der Waals surface area contributed by atoms with Gasteiger partial charge < -0.3 is 25.4 Å². The molecule has 1 aliphatic heterocycles. The van der Waals surface area contributed by atoms with Crippen molar-refractivity contribution in [1.29, 1.82) is 0 Å². The Morgan fingerprint density at radius 2 is 2.03 bits per heavy atom. The summed E-state index contributed by atoms with van der Waals surface area (Å²) < 4.78 is 6.20. The summed E-state index contributed by atoms with van der Waals surface area (Å²) in [6, 6.07) is 8.19. The third kappa shape index (κ3) is 8.44. The Morgan fingerprint density at radius 1 is 1.23 bits per heavy atom. The number of urea groups is 1. The molecule has 198 valence electrons. The number of aliphatic hydroxyl groups is 1. The maximum Gasteiger partial charge on any atom is 0.317 e. The van der Waals surface area contributed by atoms with Gasteiger partial charge in [-0.2, -0.15) is 0 Å². The first kappa shape index (κ1) is 28.4. The highest BCUT2D eigenvalue weighted by Gasteiger charge is 2.41. The van der Waals surface area contributed by atoms with Gasteiger partial charge in [-0.3, -0.25) is 0 Å². The Bertz CT molecular complexity index is 774. The Morgan fingerprint density at radius 3 is 2.74 bits per heavy atom. The fraction of sp³-hybridized carbons (Fsp3) is 0.750. The van der Waals surface area contributed by atoms with Gasteiger partial charge in [-0.1, -0.05) is 60.2 Å². The lowest BCUT2D eigenvalue weighted by Gasteiger charge is -2.43. The minimum Gasteiger partial charge on any atom is -0.385 e. The monoisotopic (exact) mass is 551 g/mol. The van der Waals surface area contributed by atoms with E-state index in [1.54, 1.807) is 7.11 Å². The van der Waals surface area contributed by atoms with Crippen LogP contribution >= 0.6 is 15.9 Å². The first-order valence-electron chi connectivity index (χ1n) is 13.6. The lowest BCUT2D eigenvalue weighted by molar-refractivity contribution is -0.0564. The van der Waals surface area contributed by atoms with Crippen molar-refractivity contribution in [1.82, 2.24) is 15.5 Å². The van der Waals surface area contributed by atoms with Crippen LogP contribution in [0.1, 0.15) is 76.2 Å². The number of nitrogens with zero attached hydrogens (tertiary/aromatic N) is 1. The number of ether oxygens (including phenoxy) is 1. The van der Waals surface area contributed by atoms with Gasteiger partial charge in [0.1, 0.15) is 0 Å². The van der Waals surface area contributed by atoms with Gasteiger partial charge in [-0.25, -0.2) is 4.79 Å². The minimum absolute atomic E-state index is 0.0000560. The standard InChI is InChI=1S/C28H46BrN3O3/c1-30-20-26(18-22-10-4-3-5-11-22)31-27(33)32-16-9-13-24(21-32)28(34,15-6-7-17-35-2)23-12-8-14-25(29)19-23/h8,12,14,19,22,24,26,30,34H,3-7,9-11,13,15-18,20-21H2,1-2H3,(H,31,33)/t24-,26?,28-/m1/s1. The molecule has 1 aromatic carbocycles. The average molecular weight is 553 g/mol. The van der Waals surface area contributed by atoms with E-state index in [0.717, 1.165) is 55.2 Å². The van der Waals surface area contributed by atoms with Crippen LogP contribution in [0.2, 0.25) is 0 Å². The SMILES string of the molecule is CNCC(CC1CCCCC1)NC(=O)N1CCC[C@@H]([C@@](O)(CCCCOC)c2cccc(Br)c2)C1. The van der Waals surface area contributed by atoms with Gasteiger partial charge in [-0.15, -0.1) is 0 Å². The van der Waals surface area contributed by atoms with E-state index in [1.165, 1.54) is 32.1 Å². The number of hydrogen-bond donors (Lipinski definition) is 3. The van der Waals surface area contributed by atoms with Crippen LogP contribution in [-0.4, -0.2) is 62.5 Å². The lowest BCUT2D eigenvalue weighted by atomic mass is 9.74. The van der Waals surface area contributed by atoms with Gasteiger partial charge in [0.15, 0.2) is 0 Å². The lowest BCUT2D eigenvalue weighted by Crippen LogP contribution is -2.54. The average Bonchev–Trinajstić information content (AvgIpc) is 2.87. The predicted octanol–water partition coefficient (Wildman–Crippen LogP) is 5.43. The normalized spacial score (nSPS) is 21.9. The molecule has 1 unspecified atom stereocenters. The summed E-state index contributed by atoms with van der Waals surface area (Å²) in [5, 5.41) is 18.7. The fourth-order valence-electron chi connectivity index (χ4n) is 6.07. The van der Waals surface area contributed by atoms with Crippen molar-refractivity contribution in [3.63, 3.8) is 0 Å². The minimum atomic E-state index is -0.969. The summed E-state index contributed by atoms with van der Waals surface area (Å²) in [4.78, 5) is 15.3. The molecule has 3 N–H and O–H groups in total. The van der Waals surface area contributed by atoms with Crippen LogP contribution in [0.4, 0.5) is 4.79 Å². The van der Waals surface area contributed by atoms with Crippen molar-refractivity contribution >= 4 is 22.0 Å². The molecule has 1 saturated carbocycles. The quantitative estimate of drug-likeness (QED) is 0.302. The van der Waals surface area contributed by atoms with E-state index in [-0.39, 0.29) is 18.0 Å². The topological polar surface area (TPSA) is 73.8 Å². The number of methoxy groups -OCH3 is 1. The molecule has 1 heterocycles. The zero-order valence-electron chi connectivity index (χ0n) is 21.7. The summed E-state index contributed by atoms with van der Waals surface area (Å²) in [7, 11) is 3.67. The van der Waals surface area contributed by atoms with Crippen LogP contribution in [0.3, 0.4) is 0 Å². The smallest absolute Gasteiger partial charge is 0.317 e. The highest BCUT2D eigenvalue weighted by Crippen LogP contribution is 2.40. The molecule has 0 radical (unpaired) electrons. The van der Waals surface area contributed by atoms with E-state index < -0.39 is 5.60 Å². The first-order chi connectivity index (χ1) is 17.0. The number of carbonyl (C=O) groups excluding carboxylic acids is 1. The Hall–Kier alpha value is -1.15. The number of halogens is 1. The van der Waals surface area contributed by atoms with Gasteiger partial charge in [0.05, 0.1) is 5.60 Å². The van der Waals surface area contributed by atoms with E-state index in [2.05, 4.69) is 26.6 Å². The fourth-order valence-corrected chi connectivity index (χ4v) is 6.46. The zero-order chi connectivity index (χ0) is 25.1. The summed E-state index contributed by atoms with van der Waals surface area (Å²) in [5.74, 6) is 0.713. The molecule has 2 aliphatic rings. The molecule has 0 aromatic heterocycles. The van der Waals surface area contributed by atoms with Crippen molar-refractivity contribution in [3.05, 3.63) is 34.3 Å². The second-order valence-electron chi connectivity index (χ2n) is 10.6. The predicted molar refractivity (Wildman–Crippen MR) is 146 cm³/mol. The summed E-state index contributed by atoms with van der Waals surface area (Å²) in [5.41, 5.74) is -0.0370. The van der Waals surface area contributed by atoms with Gasteiger partial charge >= 0.3 is 6.03 Å². The number of likely N-dealkylation sites (tertiary alicyclic amines) is 1. The van der Waals surface area contributed by atoms with Gasteiger partial charge in [-0.05, 0) is 69.2 Å². The summed E-state index contributed by atoms with van der Waals surface area (Å²) in [6.45, 7) is 2.81. The number of carbonyl (C=O) groups is 1. The van der Waals surface area contributed by atoms with Gasteiger partial charge in [0, 0.05) is 49.8 Å². The van der Waals surface area contributed by atoms with Crippen LogP contribution in [0.25, 0.3) is 0 Å². The largest absolute Gasteiger partial charge is 0.385 e. The summed E-state index contributed by atoms with van der Waals surface area (Å²) >= 11 is 3.58. The molecule has 1 aromatic rings. The maximum absolute atomic E-state index is 13.4. The zero-order valence-corrected chi connectivity index (χ0v) is 23.3. The van der Waals surface area contributed by atoms with Crippen molar-refractivity contribution in [2.24, 2.45) is 11.8 Å². The van der Waals surface area contributed by atoms with E-state index in [9.17, 15) is 9.90 Å². The molecule has 1 aliphatic carbocycles. The number of hydrogen-bond acceptors (Lipinski definition) is 4. The first-order valence-corrected chi connectivity index (χ1v) is 14.4. The van der Waals surface area contributed by atoms with Crippen molar-refractivity contribution in [2.75, 3.05) is 40.4 Å². The number of piperidine rings is 1. The highest BCUT2D eigenvalue weighted by molar-refractivity contribution is 9.10. The van der Waals surface area contributed by atoms with Crippen LogP contribution in [-0.2, 0) is 10.3 Å². The van der Waals surface area contributed by atoms with Crippen LogP contribution in [0.5, 0.6) is 0 Å². The van der Waals surface area contributed by atoms with E-state index in [0.29, 0.717) is 25.5 Å². The van der Waals surface area contributed by atoms with Crippen LogP contribution < -0.4 is 10.6 Å². The highest BCUT2D eigenvalue weighted by atomic mass is 79.9. The third-order valence-corrected chi connectivity index (χ3v) is 8.48. The molecule has 2 amide bonds. The number of nitrogens with one attached hydrogen (secondary N) is 2. The van der Waals surface area contributed by atoms with Crippen LogP contribution in [0, 0.1) is 11.8 Å². The van der Waals surface area contributed by atoms with Crippen molar-refractivity contribution in [3.8, 4) is 0 Å². The number of amides is 2. The molecule has 1 saturated heterocycles. The molecule has 0 bridgehead atoms. The summed E-state index contributed by atoms with van der Waals surface area (Å²) in [6.07, 6.45) is 11.9. The van der Waals surface area contributed by atoms with E-state index in [4.69, 9.17) is 4.74 Å². The number of likely N-dealkylation sites (N-methyl/N-ethyl adjacent to an activating group) is 1. The molecule has 3 atom stereocenters. The maximum atomic E-state index is 13.4. The number of rotatable bonds is 12. The number of benzene rings is 1. The van der Waals surface area contributed by atoms with Gasteiger partial charge in [0.2, 0.25) is 0 Å². The molecule has 0 spiro atoms. The molecular weight excluding hydrogens is 506 g/mol.